The van der Waals surface area contributed by atoms with Gasteiger partial charge in [-0.1, -0.05) is 334 Å². The van der Waals surface area contributed by atoms with E-state index in [-0.39, 0.29) is 0 Å². The predicted molar refractivity (Wildman–Crippen MR) is 450 cm³/mol. The van der Waals surface area contributed by atoms with E-state index in [9.17, 15) is 0 Å². The van der Waals surface area contributed by atoms with Gasteiger partial charge >= 0.3 is 0 Å². The number of nitrogens with one attached hydrogen (secondary N) is 4. The fourth-order valence-corrected chi connectivity index (χ4v) is 5.83. The van der Waals surface area contributed by atoms with Crippen LogP contribution in [0.3, 0.4) is 0 Å². The first-order valence-corrected chi connectivity index (χ1v) is 39.9. The summed E-state index contributed by atoms with van der Waals surface area (Å²) in [6.45, 7) is 92.6. The van der Waals surface area contributed by atoms with Crippen molar-refractivity contribution in [1.82, 2.24) is 21.7 Å². The summed E-state index contributed by atoms with van der Waals surface area (Å²) >= 11 is 1.66. The largest absolute Gasteiger partial charge is 0.480 e. The third kappa shape index (κ3) is 198. The highest BCUT2D eigenvalue weighted by atomic mass is 32.2. The predicted octanol–water partition coefficient (Wildman–Crippen LogP) is 28.6. The summed E-state index contributed by atoms with van der Waals surface area (Å²) in [4.78, 5) is 8.52. The van der Waals surface area contributed by atoms with Gasteiger partial charge in [0.25, 0.3) is 0 Å². The first-order chi connectivity index (χ1) is 45.6. The fourth-order valence-electron chi connectivity index (χ4n) is 5.21. The van der Waals surface area contributed by atoms with Gasteiger partial charge in [-0.15, -0.1) is 5.10 Å². The molecule has 12 heteroatoms. The molecule has 9 aliphatic rings. The van der Waals surface area contributed by atoms with Crippen LogP contribution < -0.4 is 21.7 Å². The first-order valence-electron chi connectivity index (χ1n) is 38.9. The average Bonchev–Trinajstić information content (AvgIpc) is 4.47. The molecule has 0 atom stereocenters. The van der Waals surface area contributed by atoms with Gasteiger partial charge in [0.1, 0.15) is 13.2 Å². The fraction of sp³-hybridized carbons (Fsp3) is 0.787. The molecule has 0 aromatic rings. The molecule has 11 nitrogen and oxygen atoms in total. The Hall–Kier alpha value is -3.90. The summed E-state index contributed by atoms with van der Waals surface area (Å²) in [5, 5.41) is 10.9. The molecule has 0 bridgehead atoms. The van der Waals surface area contributed by atoms with Gasteiger partial charge in [0.15, 0.2) is 6.40 Å². The van der Waals surface area contributed by atoms with Crippen molar-refractivity contribution < 1.29 is 9.57 Å². The Kier molecular flexibility index (Phi) is 303. The lowest BCUT2D eigenvalue weighted by Crippen LogP contribution is -2.36. The zero-order valence-electron chi connectivity index (χ0n) is 70.6. The maximum atomic E-state index is 4.72. The lowest BCUT2D eigenvalue weighted by atomic mass is 9.97. The number of hydrogen-bond acceptors (Lipinski definition) is 12. The maximum Gasteiger partial charge on any atom is 0.192 e. The Morgan fingerprint density at radius 2 is 0.804 bits per heavy atom. The molecule has 566 valence electrons. The molecule has 9 rings (SSSR count). The number of rotatable bonds is 0. The highest BCUT2D eigenvalue weighted by Crippen LogP contribution is 2.21. The molecule has 0 radical (unpaired) electrons. The summed E-state index contributed by atoms with van der Waals surface area (Å²) in [7, 11) is 0. The van der Waals surface area contributed by atoms with Crippen LogP contribution in [0.25, 0.3) is 0 Å². The van der Waals surface area contributed by atoms with Crippen LogP contribution in [-0.2, 0) is 9.57 Å². The molecule has 4 N–H and O–H groups in total. The molecule has 2 saturated carbocycles. The SMILES string of the molecule is C1=NCCNN1.C1=NNCCC1.C1=NNCCO1.C1=NOCCC1.C1=NSCCC1.C=C1C=CCC1.C=C1C=CCCC1.C=C1CCCC1.C=C1CCCCC1.CC.CC.CC.CC.CC.CC.CC.CC.CC.CC.CC.CC.CC.CC.CC.CC.CC.CC. The number of nitrogens with zero attached hydrogens (tertiary/aromatic N) is 5. The number of hydrogen-bond donors (Lipinski definition) is 4. The van der Waals surface area contributed by atoms with Crippen LogP contribution in [-0.4, -0.2) is 76.5 Å². The van der Waals surface area contributed by atoms with Crippen LogP contribution in [0.5, 0.6) is 0 Å². The summed E-state index contributed by atoms with van der Waals surface area (Å²) in [6.07, 6.45) is 42.7. The summed E-state index contributed by atoms with van der Waals surface area (Å²) in [6, 6.07) is 0. The van der Waals surface area contributed by atoms with Crippen molar-refractivity contribution in [3.8, 4) is 0 Å². The van der Waals surface area contributed by atoms with Crippen LogP contribution in [0.15, 0.2) is 97.7 Å². The van der Waals surface area contributed by atoms with Crippen molar-refractivity contribution in [3.63, 3.8) is 0 Å². The Morgan fingerprint density at radius 3 is 0.913 bits per heavy atom. The van der Waals surface area contributed by atoms with E-state index in [0.717, 1.165) is 58.7 Å². The van der Waals surface area contributed by atoms with Gasteiger partial charge in [0.2, 0.25) is 0 Å². The monoisotopic (exact) mass is 1330 g/mol. The lowest BCUT2D eigenvalue weighted by Gasteiger charge is -2.10. The van der Waals surface area contributed by atoms with Crippen molar-refractivity contribution in [2.45, 2.75) is 378 Å². The quantitative estimate of drug-likeness (QED) is 0.140. The second-order valence-corrected chi connectivity index (χ2v) is 14.7. The van der Waals surface area contributed by atoms with E-state index < -0.39 is 0 Å². The van der Waals surface area contributed by atoms with Gasteiger partial charge in [-0.2, -0.15) is 5.10 Å². The Labute approximate surface area is 592 Å². The van der Waals surface area contributed by atoms with Crippen molar-refractivity contribution >= 4 is 43.3 Å². The van der Waals surface area contributed by atoms with E-state index in [4.69, 9.17) is 4.74 Å². The molecule has 0 aromatic carbocycles. The van der Waals surface area contributed by atoms with Crippen molar-refractivity contribution in [3.05, 3.63) is 72.9 Å². The normalized spacial score (nSPS) is 13.7. The third-order valence-electron chi connectivity index (χ3n) is 8.49. The van der Waals surface area contributed by atoms with Crippen molar-refractivity contribution in [2.24, 2.45) is 24.7 Å². The number of hydrazone groups is 2. The zero-order chi connectivity index (χ0) is 76.3. The van der Waals surface area contributed by atoms with Gasteiger partial charge in [0.05, 0.1) is 19.4 Å². The van der Waals surface area contributed by atoms with E-state index in [0.29, 0.717) is 0 Å². The molecule has 2 fully saturated rings. The molecule has 0 saturated heterocycles. The van der Waals surface area contributed by atoms with E-state index in [1.54, 1.807) is 24.5 Å². The minimum Gasteiger partial charge on any atom is -0.480 e. The maximum absolute atomic E-state index is 4.72. The molecule has 0 unspecified atom stereocenters. The molecule has 0 aromatic heterocycles. The molecular formula is C80H183N9O2S. The number of hydrazine groups is 1. The van der Waals surface area contributed by atoms with Gasteiger partial charge in [-0.05, 0) is 134 Å². The minimum atomic E-state index is 0.740. The Balaban J connectivity index is -0.0000000395. The number of oxime groups is 1. The molecule has 0 amide bonds. The molecule has 4 aliphatic carbocycles. The van der Waals surface area contributed by atoms with E-state index in [2.05, 4.69) is 102 Å². The molecule has 92 heavy (non-hydrogen) atoms. The second-order valence-electron chi connectivity index (χ2n) is 13.8. The highest BCUT2D eigenvalue weighted by molar-refractivity contribution is 7.98. The Bertz CT molecular complexity index is 1080. The van der Waals surface area contributed by atoms with Gasteiger partial charge in [0, 0.05) is 37.5 Å². The van der Waals surface area contributed by atoms with Crippen LogP contribution in [0.2, 0.25) is 0 Å². The number of ether oxygens (including phenoxy) is 1. The van der Waals surface area contributed by atoms with E-state index in [1.165, 1.54) is 144 Å². The zero-order valence-corrected chi connectivity index (χ0v) is 71.4. The van der Waals surface area contributed by atoms with Gasteiger partial charge in [-0.3, -0.25) is 4.99 Å². The molecule has 5 aliphatic heterocycles. The van der Waals surface area contributed by atoms with Gasteiger partial charge in [-0.25, -0.2) is 9.82 Å². The highest BCUT2D eigenvalue weighted by Gasteiger charge is 2.01. The standard InChI is InChI=1S/C7H12.C7H10.C6H10.C6H8.C4H8N2.C4H7NO.C4H7NS.C3H7N3.C3H6N2O.18C2H6/c2*1-7-5-3-2-4-6-7;2*1-6-4-2-3-5-6;3*1-2-4-6-5-3-1;1-2-5-6-3-4-1;1-2-6-3-5-4-1;18*1-2/h1-6H2;3,5H,1-2,4,6H2;1-5H2;2,4H,1,3,5H2;3,6H,1-2,4H2;2*3H,1-2,4H2;3,5H,1-2H2,(H,4,6);3-4H,1-2H2;18*1-2H3. The minimum absolute atomic E-state index is 0.740. The first kappa shape index (κ1) is 136. The molecule has 0 spiro atoms. The number of aliphatic imine (C=N–C) groups is 1. The van der Waals surface area contributed by atoms with Crippen LogP contribution in [0.1, 0.15) is 378 Å². The van der Waals surface area contributed by atoms with E-state index in [1.807, 2.05) is 262 Å². The summed E-state index contributed by atoms with van der Waals surface area (Å²) in [5.74, 6) is 1.22. The summed E-state index contributed by atoms with van der Waals surface area (Å²) in [5.41, 5.74) is 16.7. The average molecular weight is 1340 g/mol. The van der Waals surface area contributed by atoms with Crippen molar-refractivity contribution in [1.29, 1.82) is 0 Å². The topological polar surface area (TPSA) is 128 Å². The third-order valence-corrected chi connectivity index (χ3v) is 9.26. The van der Waals surface area contributed by atoms with Gasteiger partial charge < -0.3 is 25.9 Å². The Morgan fingerprint density at radius 1 is 0.380 bits per heavy atom. The van der Waals surface area contributed by atoms with Crippen LogP contribution in [0.4, 0.5) is 0 Å². The van der Waals surface area contributed by atoms with E-state index >= 15 is 0 Å². The van der Waals surface area contributed by atoms with Crippen molar-refractivity contribution in [2.75, 3.05) is 45.1 Å². The summed E-state index contributed by atoms with van der Waals surface area (Å²) < 4.78 is 8.68. The number of allylic oxidation sites excluding steroid dienone is 8. The molecular weight excluding hydrogens is 1150 g/mol. The van der Waals surface area contributed by atoms with Crippen LogP contribution >= 0.6 is 11.9 Å². The molecule has 5 heterocycles. The lowest BCUT2D eigenvalue weighted by molar-refractivity contribution is 0.134. The second kappa shape index (κ2) is 205. The smallest absolute Gasteiger partial charge is 0.192 e. The van der Waals surface area contributed by atoms with Crippen LogP contribution in [0, 0.1) is 0 Å².